The summed E-state index contributed by atoms with van der Waals surface area (Å²) in [5.74, 6) is 0.135. The van der Waals surface area contributed by atoms with E-state index < -0.39 is 0 Å². The predicted molar refractivity (Wildman–Crippen MR) is 110 cm³/mol. The highest BCUT2D eigenvalue weighted by atomic mass is 16.5. The van der Waals surface area contributed by atoms with E-state index in [2.05, 4.69) is 10.6 Å². The number of methoxy groups -OCH3 is 1. The van der Waals surface area contributed by atoms with E-state index in [0.717, 1.165) is 5.56 Å². The van der Waals surface area contributed by atoms with Crippen LogP contribution in [0.25, 0.3) is 0 Å². The van der Waals surface area contributed by atoms with Crippen molar-refractivity contribution in [3.63, 3.8) is 0 Å². The molecule has 0 atom stereocenters. The van der Waals surface area contributed by atoms with Crippen molar-refractivity contribution < 1.29 is 14.3 Å². The van der Waals surface area contributed by atoms with Gasteiger partial charge in [-0.1, -0.05) is 42.0 Å². The van der Waals surface area contributed by atoms with E-state index >= 15 is 0 Å². The summed E-state index contributed by atoms with van der Waals surface area (Å²) < 4.78 is 5.23. The molecule has 0 aliphatic carbocycles. The van der Waals surface area contributed by atoms with E-state index in [1.807, 2.05) is 43.3 Å². The molecule has 0 radical (unpaired) electrons. The van der Waals surface area contributed by atoms with Gasteiger partial charge in [0.2, 0.25) is 0 Å². The minimum atomic E-state index is -0.267. The van der Waals surface area contributed by atoms with E-state index in [4.69, 9.17) is 4.74 Å². The van der Waals surface area contributed by atoms with Crippen molar-refractivity contribution in [2.24, 2.45) is 0 Å². The van der Waals surface area contributed by atoms with Gasteiger partial charge in [0.1, 0.15) is 5.75 Å². The molecule has 3 aromatic carbocycles. The van der Waals surface area contributed by atoms with Gasteiger partial charge in [-0.15, -0.1) is 0 Å². The SMILES string of the molecule is COc1ccccc1NC(=O)c1ccc(C(=O)NCc2ccc(C)cc2)cc1. The normalized spacial score (nSPS) is 10.2. The molecule has 3 aromatic rings. The molecular formula is C23H22N2O3. The molecule has 0 bridgehead atoms. The van der Waals surface area contributed by atoms with Crippen LogP contribution in [-0.4, -0.2) is 18.9 Å². The summed E-state index contributed by atoms with van der Waals surface area (Å²) in [6.45, 7) is 2.48. The third-order valence-corrected chi connectivity index (χ3v) is 4.34. The summed E-state index contributed by atoms with van der Waals surface area (Å²) in [6, 6.07) is 21.7. The van der Waals surface area contributed by atoms with Gasteiger partial charge >= 0.3 is 0 Å². The van der Waals surface area contributed by atoms with Crippen molar-refractivity contribution in [2.75, 3.05) is 12.4 Å². The Morgan fingerprint density at radius 1 is 0.821 bits per heavy atom. The van der Waals surface area contributed by atoms with Gasteiger partial charge in [0, 0.05) is 17.7 Å². The summed E-state index contributed by atoms with van der Waals surface area (Å²) in [5.41, 5.74) is 3.76. The Balaban J connectivity index is 1.61. The molecule has 0 aliphatic heterocycles. The molecule has 2 N–H and O–H groups in total. The lowest BCUT2D eigenvalue weighted by Crippen LogP contribution is -2.23. The molecule has 3 rings (SSSR count). The topological polar surface area (TPSA) is 67.4 Å². The summed E-state index contributed by atoms with van der Waals surface area (Å²) in [5, 5.41) is 5.70. The van der Waals surface area contributed by atoms with Crippen LogP contribution < -0.4 is 15.4 Å². The van der Waals surface area contributed by atoms with Crippen LogP contribution in [0.4, 0.5) is 5.69 Å². The second kappa shape index (κ2) is 8.86. The van der Waals surface area contributed by atoms with Crippen LogP contribution in [0.15, 0.2) is 72.8 Å². The van der Waals surface area contributed by atoms with E-state index in [1.54, 1.807) is 43.5 Å². The molecule has 142 valence electrons. The van der Waals surface area contributed by atoms with Crippen LogP contribution in [-0.2, 0) is 6.54 Å². The number of amides is 2. The Labute approximate surface area is 164 Å². The summed E-state index contributed by atoms with van der Waals surface area (Å²) in [4.78, 5) is 24.7. The van der Waals surface area contributed by atoms with Gasteiger partial charge in [-0.25, -0.2) is 0 Å². The number of para-hydroxylation sites is 2. The Bertz CT molecular complexity index is 964. The number of benzene rings is 3. The predicted octanol–water partition coefficient (Wildman–Crippen LogP) is 4.19. The van der Waals surface area contributed by atoms with Crippen molar-refractivity contribution >= 4 is 17.5 Å². The van der Waals surface area contributed by atoms with Crippen molar-refractivity contribution in [1.29, 1.82) is 0 Å². The zero-order valence-corrected chi connectivity index (χ0v) is 15.9. The molecule has 0 spiro atoms. The van der Waals surface area contributed by atoms with Gasteiger partial charge in [-0.2, -0.15) is 0 Å². The van der Waals surface area contributed by atoms with Gasteiger partial charge in [0.15, 0.2) is 0 Å². The van der Waals surface area contributed by atoms with E-state index in [9.17, 15) is 9.59 Å². The quantitative estimate of drug-likeness (QED) is 0.680. The molecule has 0 heterocycles. The number of rotatable bonds is 6. The Kier molecular flexibility index (Phi) is 6.07. The fraction of sp³-hybridized carbons (Fsp3) is 0.130. The minimum Gasteiger partial charge on any atom is -0.495 e. The molecule has 5 heteroatoms. The van der Waals surface area contributed by atoms with Crippen LogP contribution in [0.3, 0.4) is 0 Å². The Morgan fingerprint density at radius 2 is 1.43 bits per heavy atom. The van der Waals surface area contributed by atoms with Crippen molar-refractivity contribution in [1.82, 2.24) is 5.32 Å². The van der Waals surface area contributed by atoms with Gasteiger partial charge < -0.3 is 15.4 Å². The van der Waals surface area contributed by atoms with Crippen LogP contribution in [0.1, 0.15) is 31.8 Å². The fourth-order valence-electron chi connectivity index (χ4n) is 2.71. The molecule has 0 fully saturated rings. The summed E-state index contributed by atoms with van der Waals surface area (Å²) in [6.07, 6.45) is 0. The Hall–Kier alpha value is -3.60. The smallest absolute Gasteiger partial charge is 0.255 e. The monoisotopic (exact) mass is 374 g/mol. The third kappa shape index (κ3) is 4.76. The highest BCUT2D eigenvalue weighted by Gasteiger charge is 2.11. The summed E-state index contributed by atoms with van der Waals surface area (Å²) >= 11 is 0. The van der Waals surface area contributed by atoms with Gasteiger partial charge in [-0.3, -0.25) is 9.59 Å². The lowest BCUT2D eigenvalue weighted by molar-refractivity contribution is 0.0949. The van der Waals surface area contributed by atoms with Crippen molar-refractivity contribution in [3.05, 3.63) is 95.1 Å². The summed E-state index contributed by atoms with van der Waals surface area (Å²) in [7, 11) is 1.55. The maximum absolute atomic E-state index is 12.4. The molecule has 0 saturated carbocycles. The first-order valence-corrected chi connectivity index (χ1v) is 8.95. The van der Waals surface area contributed by atoms with Gasteiger partial charge in [-0.05, 0) is 48.9 Å². The number of ether oxygens (including phenoxy) is 1. The van der Waals surface area contributed by atoms with Crippen LogP contribution >= 0.6 is 0 Å². The number of hydrogen-bond donors (Lipinski definition) is 2. The van der Waals surface area contributed by atoms with Crippen LogP contribution in [0.2, 0.25) is 0 Å². The number of aryl methyl sites for hydroxylation is 1. The van der Waals surface area contributed by atoms with Gasteiger partial charge in [0.05, 0.1) is 12.8 Å². The van der Waals surface area contributed by atoms with E-state index in [1.165, 1.54) is 5.56 Å². The first-order valence-electron chi connectivity index (χ1n) is 8.95. The number of nitrogens with one attached hydrogen (secondary N) is 2. The molecule has 5 nitrogen and oxygen atoms in total. The number of anilines is 1. The van der Waals surface area contributed by atoms with Crippen LogP contribution in [0, 0.1) is 6.92 Å². The highest BCUT2D eigenvalue weighted by Crippen LogP contribution is 2.23. The molecule has 0 aromatic heterocycles. The maximum atomic E-state index is 12.4. The number of carbonyl (C=O) groups is 2. The van der Waals surface area contributed by atoms with Crippen molar-refractivity contribution in [3.8, 4) is 5.75 Å². The minimum absolute atomic E-state index is 0.183. The second-order valence-corrected chi connectivity index (χ2v) is 6.40. The molecule has 0 saturated heterocycles. The lowest BCUT2D eigenvalue weighted by Gasteiger charge is -2.10. The zero-order chi connectivity index (χ0) is 19.9. The molecule has 0 unspecified atom stereocenters. The fourth-order valence-corrected chi connectivity index (χ4v) is 2.71. The molecule has 2 amide bonds. The maximum Gasteiger partial charge on any atom is 0.255 e. The number of hydrogen-bond acceptors (Lipinski definition) is 3. The zero-order valence-electron chi connectivity index (χ0n) is 15.9. The van der Waals surface area contributed by atoms with Crippen LogP contribution in [0.5, 0.6) is 5.75 Å². The first kappa shape index (κ1) is 19.2. The molecular weight excluding hydrogens is 352 g/mol. The van der Waals surface area contributed by atoms with E-state index in [-0.39, 0.29) is 11.8 Å². The number of carbonyl (C=O) groups excluding carboxylic acids is 2. The molecule has 28 heavy (non-hydrogen) atoms. The van der Waals surface area contributed by atoms with Gasteiger partial charge in [0.25, 0.3) is 11.8 Å². The first-order chi connectivity index (χ1) is 13.6. The highest BCUT2D eigenvalue weighted by molar-refractivity contribution is 6.05. The Morgan fingerprint density at radius 3 is 2.07 bits per heavy atom. The third-order valence-electron chi connectivity index (χ3n) is 4.34. The largest absolute Gasteiger partial charge is 0.495 e. The van der Waals surface area contributed by atoms with Crippen molar-refractivity contribution in [2.45, 2.75) is 13.5 Å². The lowest BCUT2D eigenvalue weighted by atomic mass is 10.1. The standard InChI is InChI=1S/C23H22N2O3/c1-16-7-9-17(10-8-16)15-24-22(26)18-11-13-19(14-12-18)23(27)25-20-5-3-4-6-21(20)28-2/h3-14H,15H2,1-2H3,(H,24,26)(H,25,27). The average Bonchev–Trinajstić information content (AvgIpc) is 2.73. The van der Waals surface area contributed by atoms with E-state index in [0.29, 0.717) is 29.1 Å². The second-order valence-electron chi connectivity index (χ2n) is 6.40. The average molecular weight is 374 g/mol. The molecule has 0 aliphatic rings.